The number of anilines is 1. The number of benzene rings is 1. The van der Waals surface area contributed by atoms with E-state index >= 15 is 0 Å². The first-order valence-corrected chi connectivity index (χ1v) is 8.14. The Labute approximate surface area is 170 Å². The summed E-state index contributed by atoms with van der Waals surface area (Å²) in [4.78, 5) is 18.3. The number of aliphatic imine (C=N–C) groups is 1. The summed E-state index contributed by atoms with van der Waals surface area (Å²) in [6.45, 7) is 3.29. The van der Waals surface area contributed by atoms with Gasteiger partial charge < -0.3 is 20.1 Å². The maximum absolute atomic E-state index is 13.2. The highest BCUT2D eigenvalue weighted by atomic mass is 127. The van der Waals surface area contributed by atoms with E-state index in [4.69, 9.17) is 0 Å². The van der Waals surface area contributed by atoms with Crippen molar-refractivity contribution in [2.45, 2.75) is 13.5 Å². The van der Waals surface area contributed by atoms with Crippen molar-refractivity contribution in [3.8, 4) is 0 Å². The predicted octanol–water partition coefficient (Wildman–Crippen LogP) is 2.82. The van der Waals surface area contributed by atoms with Gasteiger partial charge in [-0.15, -0.1) is 24.0 Å². The molecule has 0 aliphatic heterocycles. The van der Waals surface area contributed by atoms with Crippen LogP contribution in [0.25, 0.3) is 0 Å². The van der Waals surface area contributed by atoms with Gasteiger partial charge in [0, 0.05) is 38.2 Å². The highest BCUT2D eigenvalue weighted by molar-refractivity contribution is 14.0. The Hall–Kier alpha value is -2.10. The van der Waals surface area contributed by atoms with Crippen molar-refractivity contribution in [3.63, 3.8) is 0 Å². The van der Waals surface area contributed by atoms with E-state index in [1.54, 1.807) is 12.1 Å². The number of amides is 1. The van der Waals surface area contributed by atoms with Crippen LogP contribution in [0.5, 0.6) is 0 Å². The SMILES string of the molecule is CCNC(=NCC(=O)Nc1cccc(F)c1)N(C)Cc1cccn1C.I. The number of aromatic nitrogens is 1. The average Bonchev–Trinajstić information content (AvgIpc) is 2.96. The molecule has 0 atom stereocenters. The molecule has 1 heterocycles. The first-order chi connectivity index (χ1) is 12.0. The predicted molar refractivity (Wildman–Crippen MR) is 113 cm³/mol. The molecule has 142 valence electrons. The number of guanidine groups is 1. The Morgan fingerprint density at radius 3 is 2.69 bits per heavy atom. The summed E-state index contributed by atoms with van der Waals surface area (Å²) in [7, 11) is 3.90. The van der Waals surface area contributed by atoms with Crippen molar-refractivity contribution < 1.29 is 9.18 Å². The Bertz CT molecular complexity index is 747. The van der Waals surface area contributed by atoms with Gasteiger partial charge in [0.2, 0.25) is 5.91 Å². The van der Waals surface area contributed by atoms with Crippen molar-refractivity contribution in [2.75, 3.05) is 25.5 Å². The van der Waals surface area contributed by atoms with Gasteiger partial charge in [-0.2, -0.15) is 0 Å². The molecule has 1 aromatic heterocycles. The van der Waals surface area contributed by atoms with Gasteiger partial charge in [0.25, 0.3) is 0 Å². The average molecular weight is 473 g/mol. The molecule has 0 saturated heterocycles. The minimum Gasteiger partial charge on any atom is -0.357 e. The monoisotopic (exact) mass is 473 g/mol. The van der Waals surface area contributed by atoms with E-state index < -0.39 is 5.82 Å². The zero-order chi connectivity index (χ0) is 18.2. The first kappa shape index (κ1) is 21.9. The van der Waals surface area contributed by atoms with E-state index in [1.165, 1.54) is 12.1 Å². The third-order valence-corrected chi connectivity index (χ3v) is 3.63. The standard InChI is InChI=1S/C18H24FN5O.HI/c1-4-20-18(24(3)13-16-9-6-10-23(16)2)21-12-17(25)22-15-8-5-7-14(19)11-15;/h5-11H,4,12-13H2,1-3H3,(H,20,21)(H,22,25);1H. The van der Waals surface area contributed by atoms with Crippen LogP contribution in [0.3, 0.4) is 0 Å². The number of rotatable bonds is 6. The van der Waals surface area contributed by atoms with Crippen LogP contribution in [-0.2, 0) is 18.4 Å². The van der Waals surface area contributed by atoms with Crippen molar-refractivity contribution in [3.05, 3.63) is 54.1 Å². The van der Waals surface area contributed by atoms with Crippen LogP contribution in [0.15, 0.2) is 47.6 Å². The quantitative estimate of drug-likeness (QED) is 0.386. The fourth-order valence-corrected chi connectivity index (χ4v) is 2.36. The maximum atomic E-state index is 13.2. The van der Waals surface area contributed by atoms with Crippen LogP contribution in [0.2, 0.25) is 0 Å². The second-order valence-electron chi connectivity index (χ2n) is 5.70. The molecule has 0 unspecified atom stereocenters. The summed E-state index contributed by atoms with van der Waals surface area (Å²) >= 11 is 0. The summed E-state index contributed by atoms with van der Waals surface area (Å²) in [5, 5.41) is 5.81. The number of aryl methyl sites for hydroxylation is 1. The molecule has 2 N–H and O–H groups in total. The largest absolute Gasteiger partial charge is 0.357 e. The van der Waals surface area contributed by atoms with Crippen LogP contribution >= 0.6 is 24.0 Å². The lowest BCUT2D eigenvalue weighted by Crippen LogP contribution is -2.39. The van der Waals surface area contributed by atoms with E-state index in [-0.39, 0.29) is 36.4 Å². The minimum atomic E-state index is -0.392. The fraction of sp³-hybridized carbons (Fsp3) is 0.333. The zero-order valence-corrected chi connectivity index (χ0v) is 17.5. The molecule has 26 heavy (non-hydrogen) atoms. The number of carbonyl (C=O) groups is 1. The summed E-state index contributed by atoms with van der Waals surface area (Å²) in [5.41, 5.74) is 1.56. The Kier molecular flexibility index (Phi) is 9.11. The van der Waals surface area contributed by atoms with E-state index in [9.17, 15) is 9.18 Å². The smallest absolute Gasteiger partial charge is 0.246 e. The molecule has 2 aromatic rings. The van der Waals surface area contributed by atoms with Gasteiger partial charge in [0.05, 0.1) is 6.54 Å². The Balaban J connectivity index is 0.00000338. The Morgan fingerprint density at radius 2 is 2.08 bits per heavy atom. The summed E-state index contributed by atoms with van der Waals surface area (Å²) < 4.78 is 15.2. The van der Waals surface area contributed by atoms with Gasteiger partial charge in [-0.05, 0) is 37.3 Å². The number of carbonyl (C=O) groups excluding carboxylic acids is 1. The lowest BCUT2D eigenvalue weighted by molar-refractivity contribution is -0.114. The first-order valence-electron chi connectivity index (χ1n) is 8.14. The van der Waals surface area contributed by atoms with Gasteiger partial charge >= 0.3 is 0 Å². The molecule has 0 fully saturated rings. The molecular weight excluding hydrogens is 448 g/mol. The van der Waals surface area contributed by atoms with Crippen LogP contribution in [0.4, 0.5) is 10.1 Å². The maximum Gasteiger partial charge on any atom is 0.246 e. The van der Waals surface area contributed by atoms with Crippen LogP contribution < -0.4 is 10.6 Å². The van der Waals surface area contributed by atoms with Gasteiger partial charge in [-0.3, -0.25) is 4.79 Å². The molecule has 0 spiro atoms. The number of hydrogen-bond acceptors (Lipinski definition) is 2. The normalized spacial score (nSPS) is 10.8. The van der Waals surface area contributed by atoms with Crippen molar-refractivity contribution >= 4 is 41.5 Å². The van der Waals surface area contributed by atoms with Gasteiger partial charge in [0.1, 0.15) is 12.4 Å². The van der Waals surface area contributed by atoms with E-state index in [0.29, 0.717) is 24.7 Å². The second kappa shape index (κ2) is 10.8. The molecule has 2 rings (SSSR count). The van der Waals surface area contributed by atoms with Gasteiger partial charge in [-0.25, -0.2) is 9.38 Å². The molecule has 0 aliphatic carbocycles. The highest BCUT2D eigenvalue weighted by Crippen LogP contribution is 2.09. The number of nitrogens with zero attached hydrogens (tertiary/aromatic N) is 3. The van der Waals surface area contributed by atoms with E-state index in [1.807, 2.05) is 48.8 Å². The molecule has 1 amide bonds. The van der Waals surface area contributed by atoms with Crippen LogP contribution in [-0.4, -0.2) is 41.5 Å². The minimum absolute atomic E-state index is 0. The molecule has 0 bridgehead atoms. The second-order valence-corrected chi connectivity index (χ2v) is 5.70. The molecule has 8 heteroatoms. The van der Waals surface area contributed by atoms with Gasteiger partial charge in [0.15, 0.2) is 5.96 Å². The summed E-state index contributed by atoms with van der Waals surface area (Å²) in [5.74, 6) is -0.0525. The number of hydrogen-bond donors (Lipinski definition) is 2. The van der Waals surface area contributed by atoms with Crippen molar-refractivity contribution in [1.29, 1.82) is 0 Å². The molecule has 1 aromatic carbocycles. The fourth-order valence-electron chi connectivity index (χ4n) is 2.36. The summed E-state index contributed by atoms with van der Waals surface area (Å²) in [6, 6.07) is 9.81. The molecule has 0 aliphatic rings. The van der Waals surface area contributed by atoms with Crippen molar-refractivity contribution in [2.24, 2.45) is 12.0 Å². The molecule has 0 radical (unpaired) electrons. The lowest BCUT2D eigenvalue weighted by Gasteiger charge is -2.22. The third-order valence-electron chi connectivity index (χ3n) is 3.63. The topological polar surface area (TPSA) is 61.7 Å². The summed E-state index contributed by atoms with van der Waals surface area (Å²) in [6.07, 6.45) is 1.99. The van der Waals surface area contributed by atoms with Crippen LogP contribution in [0, 0.1) is 5.82 Å². The van der Waals surface area contributed by atoms with E-state index in [0.717, 1.165) is 5.69 Å². The van der Waals surface area contributed by atoms with Crippen LogP contribution in [0.1, 0.15) is 12.6 Å². The third kappa shape index (κ3) is 6.66. The van der Waals surface area contributed by atoms with Crippen molar-refractivity contribution in [1.82, 2.24) is 14.8 Å². The lowest BCUT2D eigenvalue weighted by atomic mass is 10.3. The molecule has 6 nitrogen and oxygen atoms in total. The van der Waals surface area contributed by atoms with E-state index in [2.05, 4.69) is 15.6 Å². The Morgan fingerprint density at radius 1 is 1.31 bits per heavy atom. The number of halogens is 2. The highest BCUT2D eigenvalue weighted by Gasteiger charge is 2.09. The number of nitrogens with one attached hydrogen (secondary N) is 2. The zero-order valence-electron chi connectivity index (χ0n) is 15.2. The molecular formula is C18H25FIN5O. The van der Waals surface area contributed by atoms with Gasteiger partial charge in [-0.1, -0.05) is 6.07 Å². The molecule has 0 saturated carbocycles.